The molecule has 0 radical (unpaired) electrons. The fourth-order valence-electron chi connectivity index (χ4n) is 10.8. The molecular weight excluding hydrogens is 668 g/mol. The molecular formula is C45H88O8. The topological polar surface area (TPSA) is 105 Å². The van der Waals surface area contributed by atoms with Gasteiger partial charge in [-0.2, -0.15) is 0 Å². The summed E-state index contributed by atoms with van der Waals surface area (Å²) in [7, 11) is 0. The minimum atomic E-state index is -0.873. The smallest absolute Gasteiger partial charge is 0.417 e. The van der Waals surface area contributed by atoms with Crippen molar-refractivity contribution in [1.82, 2.24) is 0 Å². The van der Waals surface area contributed by atoms with Crippen molar-refractivity contribution >= 4 is 24.4 Å². The van der Waals surface area contributed by atoms with Crippen molar-refractivity contribution in [2.24, 2.45) is 88.8 Å². The van der Waals surface area contributed by atoms with E-state index < -0.39 is 11.9 Å². The van der Waals surface area contributed by atoms with Crippen molar-refractivity contribution in [1.29, 1.82) is 0 Å². The Morgan fingerprint density at radius 1 is 0.566 bits per heavy atom. The maximum Gasteiger partial charge on any atom is 0.417 e. The van der Waals surface area contributed by atoms with Crippen LogP contribution in [0.4, 0.5) is 0 Å². The van der Waals surface area contributed by atoms with Gasteiger partial charge in [-0.1, -0.05) is 86.1 Å². The van der Waals surface area contributed by atoms with Gasteiger partial charge >= 0.3 is 17.9 Å². The molecule has 6 bridgehead atoms. The van der Waals surface area contributed by atoms with Gasteiger partial charge in [0.05, 0.1) is 25.7 Å². The molecule has 6 rings (SSSR count). The lowest BCUT2D eigenvalue weighted by Gasteiger charge is -2.32. The van der Waals surface area contributed by atoms with E-state index in [-0.39, 0.29) is 68.7 Å². The number of ether oxygens (including phenoxy) is 4. The van der Waals surface area contributed by atoms with Gasteiger partial charge in [0.1, 0.15) is 5.60 Å². The summed E-state index contributed by atoms with van der Waals surface area (Å²) in [6, 6.07) is 0. The summed E-state index contributed by atoms with van der Waals surface area (Å²) >= 11 is 0. The first-order valence-corrected chi connectivity index (χ1v) is 18.7. The van der Waals surface area contributed by atoms with Crippen molar-refractivity contribution in [2.75, 3.05) is 19.8 Å². The quantitative estimate of drug-likeness (QED) is 0.109. The van der Waals surface area contributed by atoms with Gasteiger partial charge in [0.25, 0.3) is 6.47 Å². The van der Waals surface area contributed by atoms with Crippen LogP contribution in [0, 0.1) is 88.8 Å². The number of hydrogen-bond acceptors (Lipinski definition) is 8. The molecule has 6 aliphatic rings. The lowest BCUT2D eigenvalue weighted by atomic mass is 9.76. The molecule has 0 N–H and O–H groups in total. The van der Waals surface area contributed by atoms with Crippen LogP contribution in [0.3, 0.4) is 0 Å². The molecule has 8 nitrogen and oxygen atoms in total. The molecule has 6 fully saturated rings. The number of rotatable bonds is 7. The van der Waals surface area contributed by atoms with E-state index in [1.807, 2.05) is 20.8 Å². The first-order valence-electron chi connectivity index (χ1n) is 18.7. The van der Waals surface area contributed by atoms with Crippen LogP contribution in [0.25, 0.3) is 0 Å². The zero-order valence-corrected chi connectivity index (χ0v) is 30.9. The Bertz CT molecular complexity index is 1090. The van der Waals surface area contributed by atoms with Crippen molar-refractivity contribution in [2.45, 2.75) is 158 Å². The van der Waals surface area contributed by atoms with Crippen LogP contribution in [0.2, 0.25) is 0 Å². The van der Waals surface area contributed by atoms with Crippen molar-refractivity contribution in [3.63, 3.8) is 0 Å². The number of carbonyl (C=O) groups excluding carboxylic acids is 4. The summed E-state index contributed by atoms with van der Waals surface area (Å²) in [5.41, 5.74) is -0.340. The van der Waals surface area contributed by atoms with Crippen LogP contribution in [-0.4, -0.2) is 49.8 Å². The highest BCUT2D eigenvalue weighted by Gasteiger charge is 2.52. The van der Waals surface area contributed by atoms with E-state index in [1.54, 1.807) is 6.92 Å². The molecule has 0 amide bonds. The number of fused-ring (bicyclic) bond motifs is 6. The van der Waals surface area contributed by atoms with E-state index in [2.05, 4.69) is 46.3 Å². The van der Waals surface area contributed by atoms with Crippen LogP contribution < -0.4 is 0 Å². The summed E-state index contributed by atoms with van der Waals surface area (Å²) < 4.78 is 20.1. The number of esters is 3. The molecule has 0 spiro atoms. The van der Waals surface area contributed by atoms with E-state index in [9.17, 15) is 19.2 Å². The Labute approximate surface area is 328 Å². The van der Waals surface area contributed by atoms with Gasteiger partial charge in [-0.3, -0.25) is 9.59 Å². The summed E-state index contributed by atoms with van der Waals surface area (Å²) in [6.07, 6.45) is 7.34. The normalized spacial score (nSPS) is 37.4. The third-order valence-corrected chi connectivity index (χ3v) is 13.9. The van der Waals surface area contributed by atoms with E-state index in [1.165, 1.54) is 25.7 Å². The predicted molar refractivity (Wildman–Crippen MR) is 220 cm³/mol. The van der Waals surface area contributed by atoms with E-state index in [0.717, 1.165) is 60.2 Å². The van der Waals surface area contributed by atoms with Gasteiger partial charge in [0, 0.05) is 0 Å². The first-order chi connectivity index (χ1) is 22.1. The number of hydrogen-bond donors (Lipinski definition) is 0. The summed E-state index contributed by atoms with van der Waals surface area (Å²) in [5, 5.41) is 0. The minimum absolute atomic E-state index is 0. The zero-order chi connectivity index (χ0) is 34.8. The highest BCUT2D eigenvalue weighted by atomic mass is 16.6. The Kier molecular flexibility index (Phi) is 24.0. The fraction of sp³-hybridized carbons (Fsp3) is 0.911. The SMILES string of the molecule is C.C.C.C.C.C.CC1C2CC(C(=O)OC(C)(C)C)C(C2)C1C.CC1C2CC(COC=O)C(C2)C1C.CCOC(=O)C(=O)OCC1CC2CC1C(C)C2C. The van der Waals surface area contributed by atoms with Gasteiger partial charge in [-0.05, 0) is 149 Å². The third kappa shape index (κ3) is 12.7. The van der Waals surface area contributed by atoms with Crippen molar-refractivity contribution in [3.8, 4) is 0 Å². The second-order valence-electron chi connectivity index (χ2n) is 17.2. The Balaban J connectivity index is -0.000000676. The molecule has 15 unspecified atom stereocenters. The molecule has 0 aromatic carbocycles. The maximum absolute atomic E-state index is 12.1. The van der Waals surface area contributed by atoms with Gasteiger partial charge in [-0.15, -0.1) is 0 Å². The standard InChI is InChI=1S/C14H22O4.C14H24O2.C11H18O2.6CH4/c1-4-17-13(15)14(16)18-7-11-5-10-6-12(11)9(3)8(10)2;1-8-9(2)11-6-10(8)7-12(11)13(15)16-14(3,4)5;1-7-8(2)11-4-9(7)3-10(11)5-13-6-12;;;;;;/h8-12H,4-7H2,1-3H3;8-12H,6-7H2,1-5H3;6-11H,3-5H2,1-2H3;6*1H4. The molecule has 0 aromatic heterocycles. The van der Waals surface area contributed by atoms with Gasteiger partial charge in [-0.25, -0.2) is 9.59 Å². The molecule has 0 heterocycles. The molecule has 8 heteroatoms. The molecule has 316 valence electrons. The Hall–Kier alpha value is -2.12. The van der Waals surface area contributed by atoms with Crippen LogP contribution in [0.15, 0.2) is 0 Å². The van der Waals surface area contributed by atoms with Crippen LogP contribution in [0.5, 0.6) is 0 Å². The first kappa shape index (κ1) is 55.2. The van der Waals surface area contributed by atoms with E-state index >= 15 is 0 Å². The Morgan fingerprint density at radius 3 is 1.32 bits per heavy atom. The average molecular weight is 757 g/mol. The molecule has 0 saturated heterocycles. The maximum atomic E-state index is 12.1. The Morgan fingerprint density at radius 2 is 0.962 bits per heavy atom. The largest absolute Gasteiger partial charge is 0.468 e. The highest BCUT2D eigenvalue weighted by Crippen LogP contribution is 2.57. The molecule has 6 saturated carbocycles. The average Bonchev–Trinajstić information content (AvgIpc) is 3.86. The van der Waals surface area contributed by atoms with Gasteiger partial charge in [0.2, 0.25) is 0 Å². The summed E-state index contributed by atoms with van der Waals surface area (Å²) in [4.78, 5) is 44.6. The summed E-state index contributed by atoms with van der Waals surface area (Å²) in [6.45, 7) is 23.3. The number of carbonyl (C=O) groups is 4. The second-order valence-corrected chi connectivity index (χ2v) is 17.2. The molecule has 15 atom stereocenters. The third-order valence-electron chi connectivity index (χ3n) is 13.9. The van der Waals surface area contributed by atoms with E-state index in [4.69, 9.17) is 14.2 Å². The molecule has 0 aromatic rings. The second kappa shape index (κ2) is 23.1. The molecule has 6 aliphatic carbocycles. The van der Waals surface area contributed by atoms with Crippen molar-refractivity contribution in [3.05, 3.63) is 0 Å². The van der Waals surface area contributed by atoms with Crippen molar-refractivity contribution < 1.29 is 38.1 Å². The molecule has 53 heavy (non-hydrogen) atoms. The monoisotopic (exact) mass is 757 g/mol. The van der Waals surface area contributed by atoms with Crippen LogP contribution >= 0.6 is 0 Å². The van der Waals surface area contributed by atoms with Crippen LogP contribution in [-0.2, 0) is 38.1 Å². The van der Waals surface area contributed by atoms with Gasteiger partial charge < -0.3 is 18.9 Å². The summed E-state index contributed by atoms with van der Waals surface area (Å²) in [5.74, 6) is 8.76. The van der Waals surface area contributed by atoms with Gasteiger partial charge in [0.15, 0.2) is 0 Å². The highest BCUT2D eigenvalue weighted by molar-refractivity contribution is 6.29. The minimum Gasteiger partial charge on any atom is -0.468 e. The fourth-order valence-corrected chi connectivity index (χ4v) is 10.8. The van der Waals surface area contributed by atoms with E-state index in [0.29, 0.717) is 55.2 Å². The lowest BCUT2D eigenvalue weighted by molar-refractivity contribution is -0.168. The lowest BCUT2D eigenvalue weighted by Crippen LogP contribution is -2.35. The zero-order valence-electron chi connectivity index (χ0n) is 30.9. The molecule has 0 aliphatic heterocycles. The predicted octanol–water partition coefficient (Wildman–Crippen LogP) is 11.2. The van der Waals surface area contributed by atoms with Crippen LogP contribution in [0.1, 0.15) is 152 Å².